The van der Waals surface area contributed by atoms with Crippen molar-refractivity contribution < 1.29 is 28.2 Å². The first-order valence-corrected chi connectivity index (χ1v) is 11.8. The fraction of sp³-hybridized carbons (Fsp3) is 0.190. The van der Waals surface area contributed by atoms with Crippen LogP contribution in [0.15, 0.2) is 53.5 Å². The van der Waals surface area contributed by atoms with Crippen LogP contribution in [0.2, 0.25) is 10.0 Å². The van der Waals surface area contributed by atoms with Crippen LogP contribution in [-0.4, -0.2) is 36.3 Å². The van der Waals surface area contributed by atoms with Crippen molar-refractivity contribution in [3.8, 4) is 0 Å². The topological polar surface area (TPSA) is 133 Å². The van der Waals surface area contributed by atoms with Crippen LogP contribution >= 0.6 is 23.2 Å². The number of hydrogen-bond donors (Lipinski definition) is 3. The standard InChI is InChI=1S/C21H18Cl2N2O6S/c1-2-8-32(30,31)25-14-5-3-4-12(9-14)21(20(28)29)15(6-7-18(26)27)19-16(23)10-13(22)11-17(19)24-21/h3-7,9-11,25H,2,8H2,1H3,(H,26,27)(H,28,29). The van der Waals surface area contributed by atoms with E-state index in [2.05, 4.69) is 9.71 Å². The lowest BCUT2D eigenvalue weighted by Gasteiger charge is -2.25. The van der Waals surface area contributed by atoms with Crippen molar-refractivity contribution >= 4 is 56.4 Å². The van der Waals surface area contributed by atoms with Crippen molar-refractivity contribution in [3.05, 3.63) is 74.7 Å². The largest absolute Gasteiger partial charge is 0.479 e. The Hall–Kier alpha value is -2.88. The molecule has 1 heterocycles. The first-order valence-electron chi connectivity index (χ1n) is 9.35. The maximum Gasteiger partial charge on any atom is 0.341 e. The van der Waals surface area contributed by atoms with Crippen LogP contribution in [0.25, 0.3) is 5.57 Å². The monoisotopic (exact) mass is 496 g/mol. The summed E-state index contributed by atoms with van der Waals surface area (Å²) in [5.74, 6) is -2.81. The molecule has 0 amide bonds. The van der Waals surface area contributed by atoms with E-state index in [-0.39, 0.29) is 43.2 Å². The van der Waals surface area contributed by atoms with E-state index in [1.165, 1.54) is 36.4 Å². The Kier molecular flexibility index (Phi) is 6.64. The predicted octanol–water partition coefficient (Wildman–Crippen LogP) is 2.55. The van der Waals surface area contributed by atoms with Crippen LogP contribution in [0.1, 0.15) is 18.9 Å². The van der Waals surface area contributed by atoms with Crippen LogP contribution in [-0.2, 0) is 25.2 Å². The van der Waals surface area contributed by atoms with Crippen LogP contribution in [0, 0.1) is 0 Å². The summed E-state index contributed by atoms with van der Waals surface area (Å²) in [6, 6.07) is 8.60. The minimum absolute atomic E-state index is 0.0117. The van der Waals surface area contributed by atoms with Crippen molar-refractivity contribution in [2.24, 2.45) is 4.99 Å². The van der Waals surface area contributed by atoms with Crippen molar-refractivity contribution in [2.75, 3.05) is 10.5 Å². The SMILES string of the molecule is CCCS(=O)(=O)Nc1cccc(C2(C(=O)O)N=c3cc(Cl)cc(Cl)c3=C2C=CC(=O)O)c1. The first kappa shape index (κ1) is 23.8. The van der Waals surface area contributed by atoms with Crippen LogP contribution in [0.5, 0.6) is 0 Å². The zero-order valence-electron chi connectivity index (χ0n) is 16.7. The van der Waals surface area contributed by atoms with Gasteiger partial charge in [0.05, 0.1) is 16.1 Å². The molecule has 1 aliphatic heterocycles. The summed E-state index contributed by atoms with van der Waals surface area (Å²) in [4.78, 5) is 28.2. The van der Waals surface area contributed by atoms with Gasteiger partial charge < -0.3 is 10.2 Å². The van der Waals surface area contributed by atoms with Gasteiger partial charge in [0.2, 0.25) is 15.6 Å². The number of carbonyl (C=O) groups is 2. The number of hydrogen-bond acceptors (Lipinski definition) is 5. The summed E-state index contributed by atoms with van der Waals surface area (Å²) in [5, 5.41) is 20.1. The van der Waals surface area contributed by atoms with Gasteiger partial charge in [-0.15, -0.1) is 0 Å². The molecule has 168 valence electrons. The second kappa shape index (κ2) is 8.93. The molecule has 3 N–H and O–H groups in total. The Labute approximate surface area is 193 Å². The van der Waals surface area contributed by atoms with E-state index < -0.39 is 27.5 Å². The first-order chi connectivity index (χ1) is 15.0. The number of rotatable bonds is 8. The summed E-state index contributed by atoms with van der Waals surface area (Å²) < 4.78 is 26.8. The number of benzene rings is 2. The summed E-state index contributed by atoms with van der Waals surface area (Å²) in [7, 11) is -3.63. The zero-order valence-corrected chi connectivity index (χ0v) is 19.0. The molecule has 1 atom stereocenters. The molecule has 0 aromatic heterocycles. The summed E-state index contributed by atoms with van der Waals surface area (Å²) in [5.41, 5.74) is -1.81. The third kappa shape index (κ3) is 4.50. The van der Waals surface area contributed by atoms with Gasteiger partial charge in [-0.2, -0.15) is 0 Å². The predicted molar refractivity (Wildman–Crippen MR) is 121 cm³/mol. The van der Waals surface area contributed by atoms with E-state index in [1.54, 1.807) is 6.92 Å². The molecule has 0 saturated carbocycles. The Morgan fingerprint density at radius 3 is 2.53 bits per heavy atom. The molecule has 0 radical (unpaired) electrons. The van der Waals surface area contributed by atoms with Crippen molar-refractivity contribution in [1.29, 1.82) is 0 Å². The zero-order chi connectivity index (χ0) is 23.7. The highest BCUT2D eigenvalue weighted by Gasteiger charge is 2.46. The molecule has 0 spiro atoms. The summed E-state index contributed by atoms with van der Waals surface area (Å²) in [6.07, 6.45) is 2.31. The van der Waals surface area contributed by atoms with Crippen molar-refractivity contribution in [1.82, 2.24) is 0 Å². The number of sulfonamides is 1. The van der Waals surface area contributed by atoms with Gasteiger partial charge in [0, 0.05) is 27.6 Å². The van der Waals surface area contributed by atoms with Gasteiger partial charge in [-0.05, 0) is 42.3 Å². The third-order valence-corrected chi connectivity index (χ3v) is 6.72. The molecule has 2 aromatic carbocycles. The number of nitrogens with zero attached hydrogens (tertiary/aromatic N) is 1. The van der Waals surface area contributed by atoms with Gasteiger partial charge in [-0.1, -0.05) is 42.3 Å². The summed E-state index contributed by atoms with van der Waals surface area (Å²) in [6.45, 7) is 1.72. The smallest absolute Gasteiger partial charge is 0.341 e. The average molecular weight is 497 g/mol. The Morgan fingerprint density at radius 2 is 1.91 bits per heavy atom. The molecule has 1 unspecified atom stereocenters. The molecule has 0 fully saturated rings. The second-order valence-electron chi connectivity index (χ2n) is 7.00. The molecule has 1 aliphatic rings. The second-order valence-corrected chi connectivity index (χ2v) is 9.68. The molecular formula is C21H18Cl2N2O6S. The van der Waals surface area contributed by atoms with Gasteiger partial charge in [0.1, 0.15) is 0 Å². The van der Waals surface area contributed by atoms with Gasteiger partial charge in [0.15, 0.2) is 0 Å². The number of fused-ring (bicyclic) bond motifs is 1. The summed E-state index contributed by atoms with van der Waals surface area (Å²) >= 11 is 12.4. The van der Waals surface area contributed by atoms with E-state index in [0.717, 1.165) is 12.2 Å². The lowest BCUT2D eigenvalue weighted by atomic mass is 9.83. The van der Waals surface area contributed by atoms with Gasteiger partial charge in [-0.3, -0.25) is 9.71 Å². The van der Waals surface area contributed by atoms with E-state index in [4.69, 9.17) is 28.3 Å². The van der Waals surface area contributed by atoms with E-state index in [9.17, 15) is 23.1 Å². The highest BCUT2D eigenvalue weighted by atomic mass is 35.5. The van der Waals surface area contributed by atoms with Gasteiger partial charge in [0.25, 0.3) is 0 Å². The molecule has 0 bridgehead atoms. The fourth-order valence-corrected chi connectivity index (χ4v) is 5.22. The number of halogens is 2. The number of carboxylic acid groups (broad SMARTS) is 2. The molecule has 0 saturated heterocycles. The molecule has 3 rings (SSSR count). The Balaban J connectivity index is 2.32. The Morgan fingerprint density at radius 1 is 1.19 bits per heavy atom. The molecule has 2 aromatic rings. The van der Waals surface area contributed by atoms with E-state index >= 15 is 0 Å². The number of carboxylic acids is 2. The molecule has 32 heavy (non-hydrogen) atoms. The van der Waals surface area contributed by atoms with Crippen LogP contribution < -0.4 is 15.3 Å². The minimum atomic E-state index is -3.63. The van der Waals surface area contributed by atoms with Crippen LogP contribution in [0.3, 0.4) is 0 Å². The molecule has 11 heteroatoms. The lowest BCUT2D eigenvalue weighted by Crippen LogP contribution is -2.35. The van der Waals surface area contributed by atoms with E-state index in [0.29, 0.717) is 6.42 Å². The molecule has 0 aliphatic carbocycles. The maximum absolute atomic E-state index is 12.6. The maximum atomic E-state index is 12.6. The van der Waals surface area contributed by atoms with Gasteiger partial charge in [-0.25, -0.2) is 18.0 Å². The number of nitrogens with one attached hydrogen (secondary N) is 1. The third-order valence-electron chi connectivity index (χ3n) is 4.71. The average Bonchev–Trinajstić information content (AvgIpc) is 3.01. The number of aliphatic carboxylic acids is 2. The normalized spacial score (nSPS) is 17.8. The quantitative estimate of drug-likeness (QED) is 0.480. The van der Waals surface area contributed by atoms with Crippen LogP contribution in [0.4, 0.5) is 5.69 Å². The van der Waals surface area contributed by atoms with Gasteiger partial charge >= 0.3 is 11.9 Å². The minimum Gasteiger partial charge on any atom is -0.479 e. The van der Waals surface area contributed by atoms with E-state index in [1.807, 2.05) is 0 Å². The van der Waals surface area contributed by atoms with Crippen molar-refractivity contribution in [2.45, 2.75) is 18.9 Å². The van der Waals surface area contributed by atoms with Crippen molar-refractivity contribution in [3.63, 3.8) is 0 Å². The highest BCUT2D eigenvalue weighted by molar-refractivity contribution is 7.92. The Bertz CT molecular complexity index is 1370. The number of anilines is 1. The molecule has 8 nitrogen and oxygen atoms in total. The molecular weight excluding hydrogens is 479 g/mol. The highest BCUT2D eigenvalue weighted by Crippen LogP contribution is 2.39. The lowest BCUT2D eigenvalue weighted by molar-refractivity contribution is -0.141. The fourth-order valence-electron chi connectivity index (χ4n) is 3.51.